The van der Waals surface area contributed by atoms with E-state index in [2.05, 4.69) is 10.2 Å². The van der Waals surface area contributed by atoms with Gasteiger partial charge in [-0.25, -0.2) is 0 Å². The fourth-order valence-corrected chi connectivity index (χ4v) is 2.56. The van der Waals surface area contributed by atoms with Crippen LogP contribution in [0.2, 0.25) is 0 Å². The van der Waals surface area contributed by atoms with Gasteiger partial charge in [0.1, 0.15) is 0 Å². The molecule has 19 heavy (non-hydrogen) atoms. The Labute approximate surface area is 115 Å². The van der Waals surface area contributed by atoms with E-state index >= 15 is 0 Å². The van der Waals surface area contributed by atoms with Gasteiger partial charge in [-0.3, -0.25) is 9.69 Å². The van der Waals surface area contributed by atoms with E-state index in [-0.39, 0.29) is 11.3 Å². The van der Waals surface area contributed by atoms with Gasteiger partial charge in [0.05, 0.1) is 6.54 Å². The predicted molar refractivity (Wildman–Crippen MR) is 74.9 cm³/mol. The molecule has 1 amide bonds. The Morgan fingerprint density at radius 1 is 1.37 bits per heavy atom. The normalized spacial score (nSPS) is 23.3. The van der Waals surface area contributed by atoms with Crippen LogP contribution in [-0.2, 0) is 4.79 Å². The highest BCUT2D eigenvalue weighted by Gasteiger charge is 2.42. The third kappa shape index (κ3) is 4.16. The third-order valence-electron chi connectivity index (χ3n) is 4.50. The molecule has 0 atom stereocenters. The summed E-state index contributed by atoms with van der Waals surface area (Å²) in [7, 11) is 3.61. The van der Waals surface area contributed by atoms with E-state index in [0.29, 0.717) is 19.2 Å². The monoisotopic (exact) mass is 269 g/mol. The smallest absolute Gasteiger partial charge is 0.236 e. The lowest BCUT2D eigenvalue weighted by Crippen LogP contribution is -2.47. The Kier molecular flexibility index (Phi) is 4.81. The summed E-state index contributed by atoms with van der Waals surface area (Å²) in [6.45, 7) is 3.79. The summed E-state index contributed by atoms with van der Waals surface area (Å²) in [5.74, 6) is 0.184. The molecule has 2 N–H and O–H groups in total. The number of nitrogens with one attached hydrogen (secondary N) is 1. The molecule has 0 aromatic rings. The van der Waals surface area contributed by atoms with Crippen molar-refractivity contribution in [2.45, 2.75) is 31.7 Å². The van der Waals surface area contributed by atoms with Crippen LogP contribution < -0.4 is 5.32 Å². The number of amides is 1. The van der Waals surface area contributed by atoms with Crippen molar-refractivity contribution in [3.05, 3.63) is 0 Å². The first-order chi connectivity index (χ1) is 9.04. The van der Waals surface area contributed by atoms with E-state index < -0.39 is 0 Å². The summed E-state index contributed by atoms with van der Waals surface area (Å²) < 4.78 is 0. The van der Waals surface area contributed by atoms with Gasteiger partial charge in [-0.05, 0) is 25.7 Å². The summed E-state index contributed by atoms with van der Waals surface area (Å²) in [6.07, 6.45) is 4.52. The number of piperidine rings is 1. The second-order valence-electron chi connectivity index (χ2n) is 6.38. The van der Waals surface area contributed by atoms with Gasteiger partial charge >= 0.3 is 0 Å². The molecule has 1 aliphatic carbocycles. The lowest BCUT2D eigenvalue weighted by molar-refractivity contribution is -0.130. The molecule has 2 fully saturated rings. The second kappa shape index (κ2) is 6.20. The summed E-state index contributed by atoms with van der Waals surface area (Å²) in [6, 6.07) is 0.551. The number of carbonyl (C=O) groups excluding carboxylic acids is 1. The van der Waals surface area contributed by atoms with Crippen LogP contribution in [0.4, 0.5) is 0 Å². The lowest BCUT2D eigenvalue weighted by atomic mass is 10.0. The van der Waals surface area contributed by atoms with Crippen LogP contribution >= 0.6 is 0 Å². The van der Waals surface area contributed by atoms with Crippen molar-refractivity contribution in [1.82, 2.24) is 15.1 Å². The molecule has 110 valence electrons. The lowest BCUT2D eigenvalue weighted by Gasteiger charge is -2.33. The van der Waals surface area contributed by atoms with Gasteiger partial charge in [-0.15, -0.1) is 0 Å². The van der Waals surface area contributed by atoms with E-state index in [1.165, 1.54) is 0 Å². The third-order valence-corrected chi connectivity index (χ3v) is 4.50. The maximum absolute atomic E-state index is 11.6. The van der Waals surface area contributed by atoms with Crippen molar-refractivity contribution >= 4 is 5.91 Å². The number of likely N-dealkylation sites (tertiary alicyclic amines) is 1. The van der Waals surface area contributed by atoms with E-state index in [9.17, 15) is 9.90 Å². The maximum Gasteiger partial charge on any atom is 0.236 e. The van der Waals surface area contributed by atoms with Gasteiger partial charge in [0.2, 0.25) is 5.91 Å². The molecule has 0 aromatic carbocycles. The molecule has 0 aromatic heterocycles. The van der Waals surface area contributed by atoms with Crippen molar-refractivity contribution in [1.29, 1.82) is 0 Å². The van der Waals surface area contributed by atoms with Crippen molar-refractivity contribution in [2.24, 2.45) is 5.41 Å². The first kappa shape index (κ1) is 14.8. The van der Waals surface area contributed by atoms with Gasteiger partial charge in [0, 0.05) is 51.8 Å². The first-order valence-electron chi connectivity index (χ1n) is 7.31. The molecule has 5 heteroatoms. The average molecular weight is 269 g/mol. The molecule has 1 heterocycles. The quantitative estimate of drug-likeness (QED) is 0.707. The van der Waals surface area contributed by atoms with Crippen LogP contribution in [0.25, 0.3) is 0 Å². The SMILES string of the molecule is CN(C)C(=O)CN1CCC(NCC2(CO)CC2)CC1. The zero-order chi connectivity index (χ0) is 13.9. The van der Waals surface area contributed by atoms with E-state index in [0.717, 1.165) is 45.3 Å². The highest BCUT2D eigenvalue weighted by atomic mass is 16.3. The molecule has 1 aliphatic heterocycles. The summed E-state index contributed by atoms with van der Waals surface area (Å²) >= 11 is 0. The molecule has 0 unspecified atom stereocenters. The highest BCUT2D eigenvalue weighted by molar-refractivity contribution is 5.77. The van der Waals surface area contributed by atoms with E-state index in [4.69, 9.17) is 0 Å². The number of nitrogens with zero attached hydrogens (tertiary/aromatic N) is 2. The predicted octanol–water partition coefficient (Wildman–Crippen LogP) is -0.0989. The van der Waals surface area contributed by atoms with Gasteiger partial charge in [0.25, 0.3) is 0 Å². The van der Waals surface area contributed by atoms with Crippen molar-refractivity contribution in [3.8, 4) is 0 Å². The number of aliphatic hydroxyl groups excluding tert-OH is 1. The number of carbonyl (C=O) groups is 1. The van der Waals surface area contributed by atoms with Gasteiger partial charge in [-0.2, -0.15) is 0 Å². The van der Waals surface area contributed by atoms with Crippen LogP contribution in [0.3, 0.4) is 0 Å². The summed E-state index contributed by atoms with van der Waals surface area (Å²) in [4.78, 5) is 15.5. The molecular formula is C14H27N3O2. The number of rotatable bonds is 6. The minimum absolute atomic E-state index is 0.184. The fourth-order valence-electron chi connectivity index (χ4n) is 2.56. The van der Waals surface area contributed by atoms with E-state index in [1.54, 1.807) is 19.0 Å². The summed E-state index contributed by atoms with van der Waals surface area (Å²) in [5.41, 5.74) is 0.192. The Morgan fingerprint density at radius 3 is 2.47 bits per heavy atom. The molecule has 0 radical (unpaired) electrons. The van der Waals surface area contributed by atoms with E-state index in [1.807, 2.05) is 0 Å². The second-order valence-corrected chi connectivity index (χ2v) is 6.38. The largest absolute Gasteiger partial charge is 0.396 e. The molecule has 2 aliphatic rings. The Bertz CT molecular complexity index is 308. The highest BCUT2D eigenvalue weighted by Crippen LogP contribution is 2.44. The Balaban J connectivity index is 1.64. The maximum atomic E-state index is 11.6. The van der Waals surface area contributed by atoms with Crippen molar-refractivity contribution < 1.29 is 9.90 Å². The molecular weight excluding hydrogens is 242 g/mol. The zero-order valence-electron chi connectivity index (χ0n) is 12.2. The minimum atomic E-state index is 0.184. The number of likely N-dealkylation sites (N-methyl/N-ethyl adjacent to an activating group) is 1. The number of hydrogen-bond donors (Lipinski definition) is 2. The standard InChI is InChI=1S/C14H27N3O2/c1-16(2)13(19)9-17-7-3-12(4-8-17)15-10-14(11-18)5-6-14/h12,15,18H,3-11H2,1-2H3. The Hall–Kier alpha value is -0.650. The number of aliphatic hydroxyl groups is 1. The van der Waals surface area contributed by atoms with Crippen LogP contribution in [0.5, 0.6) is 0 Å². The van der Waals surface area contributed by atoms with Crippen LogP contribution in [0.15, 0.2) is 0 Å². The Morgan fingerprint density at radius 2 is 2.00 bits per heavy atom. The van der Waals surface area contributed by atoms with Gasteiger partial charge in [0.15, 0.2) is 0 Å². The minimum Gasteiger partial charge on any atom is -0.396 e. The van der Waals surface area contributed by atoms with Crippen LogP contribution in [0.1, 0.15) is 25.7 Å². The molecule has 0 spiro atoms. The first-order valence-corrected chi connectivity index (χ1v) is 7.31. The molecule has 5 nitrogen and oxygen atoms in total. The van der Waals surface area contributed by atoms with Crippen molar-refractivity contribution in [3.63, 3.8) is 0 Å². The topological polar surface area (TPSA) is 55.8 Å². The zero-order valence-corrected chi connectivity index (χ0v) is 12.2. The van der Waals surface area contributed by atoms with Gasteiger partial charge in [-0.1, -0.05) is 0 Å². The van der Waals surface area contributed by atoms with Crippen LogP contribution in [-0.4, -0.2) is 73.7 Å². The van der Waals surface area contributed by atoms with Crippen molar-refractivity contribution in [2.75, 3.05) is 46.9 Å². The summed E-state index contributed by atoms with van der Waals surface area (Å²) in [5, 5.41) is 12.9. The molecule has 1 saturated carbocycles. The fraction of sp³-hybridized carbons (Fsp3) is 0.929. The number of hydrogen-bond acceptors (Lipinski definition) is 4. The van der Waals surface area contributed by atoms with Gasteiger partial charge < -0.3 is 15.3 Å². The molecule has 0 bridgehead atoms. The average Bonchev–Trinajstić information content (AvgIpc) is 3.18. The van der Waals surface area contributed by atoms with Crippen LogP contribution in [0, 0.1) is 5.41 Å². The molecule has 1 saturated heterocycles. The molecule has 2 rings (SSSR count).